The number of aliphatic carboxylic acids is 1. The molecule has 2 aliphatic carbocycles. The number of hydrogen-bond acceptors (Lipinski definition) is 4. The summed E-state index contributed by atoms with van der Waals surface area (Å²) >= 11 is 0. The van der Waals surface area contributed by atoms with Crippen LogP contribution >= 0.6 is 0 Å². The van der Waals surface area contributed by atoms with Crippen molar-refractivity contribution in [2.45, 2.75) is 63.5 Å². The van der Waals surface area contributed by atoms with Crippen LogP contribution in [0.1, 0.15) is 63.0 Å². The van der Waals surface area contributed by atoms with Gasteiger partial charge in [0.2, 0.25) is 5.91 Å². The molecule has 2 aromatic carbocycles. The summed E-state index contributed by atoms with van der Waals surface area (Å²) in [6.45, 7) is 3.71. The van der Waals surface area contributed by atoms with Crippen molar-refractivity contribution >= 4 is 18.0 Å². The second-order valence-electron chi connectivity index (χ2n) is 9.58. The molecule has 2 aromatic rings. The average molecular weight is 465 g/mol. The molecule has 3 N–H and O–H groups in total. The molecule has 3 atom stereocenters. The van der Waals surface area contributed by atoms with Gasteiger partial charge in [0, 0.05) is 18.4 Å². The predicted octanol–water partition coefficient (Wildman–Crippen LogP) is 4.45. The fourth-order valence-electron chi connectivity index (χ4n) is 5.15. The number of rotatable bonds is 8. The number of carboxylic acids is 1. The van der Waals surface area contributed by atoms with E-state index in [9.17, 15) is 14.4 Å². The Kier molecular flexibility index (Phi) is 6.91. The van der Waals surface area contributed by atoms with Crippen molar-refractivity contribution < 1.29 is 24.2 Å². The number of carbonyl (C=O) groups is 3. The Hall–Kier alpha value is -3.35. The molecule has 0 spiro atoms. The van der Waals surface area contributed by atoms with Gasteiger partial charge in [0.15, 0.2) is 0 Å². The zero-order chi connectivity index (χ0) is 24.3. The minimum Gasteiger partial charge on any atom is -0.481 e. The van der Waals surface area contributed by atoms with E-state index in [1.165, 1.54) is 0 Å². The molecule has 2 amide bonds. The second-order valence-corrected chi connectivity index (χ2v) is 9.58. The van der Waals surface area contributed by atoms with Gasteiger partial charge in [-0.3, -0.25) is 9.59 Å². The third kappa shape index (κ3) is 4.93. The molecule has 0 saturated heterocycles. The van der Waals surface area contributed by atoms with E-state index in [1.54, 1.807) is 6.92 Å². The van der Waals surface area contributed by atoms with E-state index in [0.717, 1.165) is 35.1 Å². The first-order chi connectivity index (χ1) is 16.3. The van der Waals surface area contributed by atoms with Crippen LogP contribution in [-0.2, 0) is 14.3 Å². The summed E-state index contributed by atoms with van der Waals surface area (Å²) in [5.74, 6) is -1.06. The molecule has 34 heavy (non-hydrogen) atoms. The summed E-state index contributed by atoms with van der Waals surface area (Å²) in [7, 11) is 0. The van der Waals surface area contributed by atoms with Crippen LogP contribution < -0.4 is 10.6 Å². The van der Waals surface area contributed by atoms with Crippen molar-refractivity contribution in [3.8, 4) is 11.1 Å². The molecule has 1 unspecified atom stereocenters. The lowest BCUT2D eigenvalue weighted by atomic mass is 9.97. The number of alkyl carbamates (subject to hydrolysis) is 1. The lowest BCUT2D eigenvalue weighted by Gasteiger charge is -2.29. The van der Waals surface area contributed by atoms with Crippen LogP contribution in [-0.4, -0.2) is 41.3 Å². The lowest BCUT2D eigenvalue weighted by molar-refractivity contribution is -0.138. The van der Waals surface area contributed by atoms with Crippen molar-refractivity contribution in [1.82, 2.24) is 10.6 Å². The summed E-state index contributed by atoms with van der Waals surface area (Å²) in [5.41, 5.74) is 3.45. The minimum absolute atomic E-state index is 0.0514. The Morgan fingerprint density at radius 2 is 1.65 bits per heavy atom. The summed E-state index contributed by atoms with van der Waals surface area (Å²) in [5, 5.41) is 14.8. The van der Waals surface area contributed by atoms with Gasteiger partial charge in [0.25, 0.3) is 0 Å². The summed E-state index contributed by atoms with van der Waals surface area (Å²) in [6, 6.07) is 16.2. The van der Waals surface area contributed by atoms with E-state index in [2.05, 4.69) is 34.9 Å². The molecule has 0 aromatic heterocycles. The molecular formula is C27H32N2O5. The number of nitrogens with one attached hydrogen (secondary N) is 2. The Labute approximate surface area is 199 Å². The quantitative estimate of drug-likeness (QED) is 0.535. The van der Waals surface area contributed by atoms with Crippen LogP contribution in [0.2, 0.25) is 0 Å². The molecule has 180 valence electrons. The van der Waals surface area contributed by atoms with Crippen LogP contribution in [0.5, 0.6) is 0 Å². The highest BCUT2D eigenvalue weighted by Crippen LogP contribution is 2.44. The predicted molar refractivity (Wildman–Crippen MR) is 128 cm³/mol. The SMILES string of the molecule is CCC(C)(NC(=O)OCC1c2ccccc2-c2ccccc21)C(=O)N[C@@H]1CC[C@H](CC(=O)O)C1. The maximum Gasteiger partial charge on any atom is 0.408 e. The maximum absolute atomic E-state index is 13.0. The maximum atomic E-state index is 13.0. The van der Waals surface area contributed by atoms with Crippen LogP contribution in [0, 0.1) is 5.92 Å². The number of amides is 2. The van der Waals surface area contributed by atoms with Crippen molar-refractivity contribution in [1.29, 1.82) is 0 Å². The van der Waals surface area contributed by atoms with E-state index < -0.39 is 17.6 Å². The fraction of sp³-hybridized carbons (Fsp3) is 0.444. The van der Waals surface area contributed by atoms with Crippen LogP contribution in [0.25, 0.3) is 11.1 Å². The molecule has 0 heterocycles. The van der Waals surface area contributed by atoms with Gasteiger partial charge in [-0.15, -0.1) is 0 Å². The van der Waals surface area contributed by atoms with Crippen molar-refractivity contribution in [2.75, 3.05) is 6.61 Å². The number of hydrogen-bond donors (Lipinski definition) is 3. The molecular weight excluding hydrogens is 432 g/mol. The van der Waals surface area contributed by atoms with E-state index in [0.29, 0.717) is 12.8 Å². The highest BCUT2D eigenvalue weighted by atomic mass is 16.5. The summed E-state index contributed by atoms with van der Waals surface area (Å²) in [6.07, 6.45) is 2.05. The fourth-order valence-corrected chi connectivity index (χ4v) is 5.15. The smallest absolute Gasteiger partial charge is 0.408 e. The number of carboxylic acid groups (broad SMARTS) is 1. The van der Waals surface area contributed by atoms with Gasteiger partial charge in [-0.1, -0.05) is 55.5 Å². The molecule has 0 bridgehead atoms. The van der Waals surface area contributed by atoms with Gasteiger partial charge >= 0.3 is 12.1 Å². The standard InChI is InChI=1S/C27H32N2O5/c1-3-27(2,25(32)28-18-13-12-17(14-18)15-24(30)31)29-26(33)34-16-23-21-10-6-4-8-19(21)20-9-5-7-11-22(20)23/h4-11,17-18,23H,3,12-16H2,1-2H3,(H,28,32)(H,29,33)(H,30,31)/t17-,18+,27?/m0/s1. The van der Waals surface area contributed by atoms with Gasteiger partial charge in [-0.25, -0.2) is 4.79 Å². The van der Waals surface area contributed by atoms with E-state index in [1.807, 2.05) is 31.2 Å². The molecule has 7 heteroatoms. The van der Waals surface area contributed by atoms with Crippen LogP contribution in [0.15, 0.2) is 48.5 Å². The Morgan fingerprint density at radius 3 is 2.24 bits per heavy atom. The molecule has 7 nitrogen and oxygen atoms in total. The van der Waals surface area contributed by atoms with Crippen molar-refractivity contribution in [3.63, 3.8) is 0 Å². The minimum atomic E-state index is -1.12. The Balaban J connectivity index is 1.35. The van der Waals surface area contributed by atoms with Gasteiger partial charge in [-0.05, 0) is 60.8 Å². The van der Waals surface area contributed by atoms with Gasteiger partial charge in [-0.2, -0.15) is 0 Å². The Bertz CT molecular complexity index is 1040. The van der Waals surface area contributed by atoms with Crippen molar-refractivity contribution in [2.24, 2.45) is 5.92 Å². The molecule has 2 aliphatic rings. The topological polar surface area (TPSA) is 105 Å². The summed E-state index contributed by atoms with van der Waals surface area (Å²) in [4.78, 5) is 36.7. The molecule has 1 fully saturated rings. The summed E-state index contributed by atoms with van der Waals surface area (Å²) < 4.78 is 5.62. The first-order valence-electron chi connectivity index (χ1n) is 12.0. The monoisotopic (exact) mass is 464 g/mol. The molecule has 0 aliphatic heterocycles. The first-order valence-corrected chi connectivity index (χ1v) is 12.0. The van der Waals surface area contributed by atoms with Gasteiger partial charge in [0.1, 0.15) is 12.1 Å². The second kappa shape index (κ2) is 9.87. The number of fused-ring (bicyclic) bond motifs is 3. The number of carbonyl (C=O) groups excluding carboxylic acids is 2. The average Bonchev–Trinajstić information content (AvgIpc) is 3.38. The van der Waals surface area contributed by atoms with Crippen LogP contribution in [0.3, 0.4) is 0 Å². The molecule has 0 radical (unpaired) electrons. The molecule has 1 saturated carbocycles. The normalized spacial score (nSPS) is 20.6. The Morgan fingerprint density at radius 1 is 1.03 bits per heavy atom. The third-order valence-corrected chi connectivity index (χ3v) is 7.27. The van der Waals surface area contributed by atoms with Crippen LogP contribution in [0.4, 0.5) is 4.79 Å². The largest absolute Gasteiger partial charge is 0.481 e. The van der Waals surface area contributed by atoms with Gasteiger partial charge < -0.3 is 20.5 Å². The van der Waals surface area contributed by atoms with E-state index >= 15 is 0 Å². The molecule has 4 rings (SSSR count). The number of ether oxygens (including phenoxy) is 1. The highest BCUT2D eigenvalue weighted by molar-refractivity contribution is 5.89. The first kappa shape index (κ1) is 23.8. The van der Waals surface area contributed by atoms with E-state index in [4.69, 9.17) is 9.84 Å². The number of benzene rings is 2. The van der Waals surface area contributed by atoms with E-state index in [-0.39, 0.29) is 36.8 Å². The lowest BCUT2D eigenvalue weighted by Crippen LogP contribution is -2.58. The highest BCUT2D eigenvalue weighted by Gasteiger charge is 2.37. The zero-order valence-electron chi connectivity index (χ0n) is 19.7. The zero-order valence-corrected chi connectivity index (χ0v) is 19.7. The van der Waals surface area contributed by atoms with Gasteiger partial charge in [0.05, 0.1) is 0 Å². The third-order valence-electron chi connectivity index (χ3n) is 7.27. The van der Waals surface area contributed by atoms with Crippen molar-refractivity contribution in [3.05, 3.63) is 59.7 Å².